The van der Waals surface area contributed by atoms with E-state index in [1.54, 1.807) is 13.8 Å². The summed E-state index contributed by atoms with van der Waals surface area (Å²) < 4.78 is 26.3. The van der Waals surface area contributed by atoms with Crippen molar-refractivity contribution in [2.24, 2.45) is 0 Å². The molecular formula is C11H17N3O5S. The molecule has 0 bridgehead atoms. The third-order valence-electron chi connectivity index (χ3n) is 2.29. The van der Waals surface area contributed by atoms with Crippen LogP contribution in [0.15, 0.2) is 23.1 Å². The fourth-order valence-corrected chi connectivity index (χ4v) is 2.82. The van der Waals surface area contributed by atoms with Crippen LogP contribution in [0.25, 0.3) is 0 Å². The first-order valence-electron chi connectivity index (χ1n) is 5.93. The Morgan fingerprint density at radius 1 is 1.40 bits per heavy atom. The highest BCUT2D eigenvalue weighted by Crippen LogP contribution is 2.27. The molecule has 1 aromatic carbocycles. The average molecular weight is 303 g/mol. The first-order chi connectivity index (χ1) is 9.27. The average Bonchev–Trinajstić information content (AvgIpc) is 2.34. The monoisotopic (exact) mass is 303 g/mol. The van der Waals surface area contributed by atoms with E-state index in [1.165, 1.54) is 12.1 Å². The Hall–Kier alpha value is -1.71. The summed E-state index contributed by atoms with van der Waals surface area (Å²) in [5, 5.41) is 22.3. The van der Waals surface area contributed by atoms with E-state index < -0.39 is 14.9 Å². The predicted octanol–water partition coefficient (Wildman–Crippen LogP) is 0.686. The molecule has 0 unspecified atom stereocenters. The minimum absolute atomic E-state index is 0.136. The van der Waals surface area contributed by atoms with Crippen molar-refractivity contribution in [2.45, 2.75) is 24.8 Å². The molecule has 0 saturated carbocycles. The van der Waals surface area contributed by atoms with Crippen molar-refractivity contribution in [1.29, 1.82) is 0 Å². The van der Waals surface area contributed by atoms with E-state index in [-0.39, 0.29) is 35.5 Å². The van der Waals surface area contributed by atoms with Gasteiger partial charge in [0.05, 0.1) is 16.4 Å². The smallest absolute Gasteiger partial charge is 0.293 e. The lowest BCUT2D eigenvalue weighted by Crippen LogP contribution is -2.30. The van der Waals surface area contributed by atoms with Crippen molar-refractivity contribution in [3.8, 4) is 0 Å². The number of nitro benzene ring substituents is 1. The first-order valence-corrected chi connectivity index (χ1v) is 7.41. The number of hydrogen-bond donors (Lipinski definition) is 3. The molecule has 0 heterocycles. The number of anilines is 1. The number of benzene rings is 1. The SMILES string of the molecule is CC(C)NS(=O)(=O)c1ccc(NCCO)c([N+](=O)[O-])c1. The number of nitrogens with one attached hydrogen (secondary N) is 2. The van der Waals surface area contributed by atoms with Gasteiger partial charge in [-0.3, -0.25) is 10.1 Å². The Bertz CT molecular complexity index is 586. The van der Waals surface area contributed by atoms with Gasteiger partial charge in [0.25, 0.3) is 5.69 Å². The summed E-state index contributed by atoms with van der Waals surface area (Å²) in [7, 11) is -3.78. The lowest BCUT2D eigenvalue weighted by Gasteiger charge is -2.11. The molecule has 112 valence electrons. The number of sulfonamides is 1. The zero-order chi connectivity index (χ0) is 15.3. The van der Waals surface area contributed by atoms with E-state index in [0.717, 1.165) is 6.07 Å². The van der Waals surface area contributed by atoms with Gasteiger partial charge in [-0.1, -0.05) is 0 Å². The van der Waals surface area contributed by atoms with Crippen LogP contribution < -0.4 is 10.0 Å². The molecule has 3 N–H and O–H groups in total. The minimum atomic E-state index is -3.78. The lowest BCUT2D eigenvalue weighted by atomic mass is 10.2. The molecule has 1 aromatic rings. The maximum atomic E-state index is 11.9. The maximum Gasteiger partial charge on any atom is 0.293 e. The van der Waals surface area contributed by atoms with Crippen LogP contribution in [0, 0.1) is 10.1 Å². The molecule has 0 aromatic heterocycles. The van der Waals surface area contributed by atoms with Crippen molar-refractivity contribution < 1.29 is 18.4 Å². The van der Waals surface area contributed by atoms with Crippen LogP contribution in [-0.4, -0.2) is 37.6 Å². The van der Waals surface area contributed by atoms with E-state index in [0.29, 0.717) is 0 Å². The summed E-state index contributed by atoms with van der Waals surface area (Å²) in [5.41, 5.74) is -0.197. The highest BCUT2D eigenvalue weighted by molar-refractivity contribution is 7.89. The Labute approximate surface area is 117 Å². The summed E-state index contributed by atoms with van der Waals surface area (Å²) in [4.78, 5) is 10.1. The fourth-order valence-electron chi connectivity index (χ4n) is 1.55. The zero-order valence-electron chi connectivity index (χ0n) is 11.2. The molecule has 0 fully saturated rings. The molecule has 0 radical (unpaired) electrons. The number of aliphatic hydroxyl groups is 1. The Balaban J connectivity index is 3.19. The molecule has 1 rings (SSSR count). The molecule has 0 spiro atoms. The second-order valence-corrected chi connectivity index (χ2v) is 6.08. The summed E-state index contributed by atoms with van der Waals surface area (Å²) in [6, 6.07) is 3.26. The predicted molar refractivity (Wildman–Crippen MR) is 74.1 cm³/mol. The number of nitrogens with zero attached hydrogens (tertiary/aromatic N) is 1. The molecule has 0 atom stereocenters. The quantitative estimate of drug-likeness (QED) is 0.503. The van der Waals surface area contributed by atoms with E-state index in [9.17, 15) is 18.5 Å². The standard InChI is InChI=1S/C11H17N3O5S/c1-8(2)13-20(18,19)9-3-4-10(12-5-6-15)11(7-9)14(16)17/h3-4,7-8,12-13,15H,5-6H2,1-2H3. The van der Waals surface area contributed by atoms with Crippen LogP contribution in [0.5, 0.6) is 0 Å². The molecule has 0 saturated heterocycles. The van der Waals surface area contributed by atoms with Gasteiger partial charge in [0.15, 0.2) is 0 Å². The number of aliphatic hydroxyl groups excluding tert-OH is 1. The van der Waals surface area contributed by atoms with E-state index in [4.69, 9.17) is 5.11 Å². The molecular weight excluding hydrogens is 286 g/mol. The van der Waals surface area contributed by atoms with Gasteiger partial charge in [0.2, 0.25) is 10.0 Å². The Morgan fingerprint density at radius 2 is 2.05 bits per heavy atom. The number of hydrogen-bond acceptors (Lipinski definition) is 6. The molecule has 0 amide bonds. The van der Waals surface area contributed by atoms with E-state index in [2.05, 4.69) is 10.0 Å². The normalized spacial score (nSPS) is 11.6. The molecule has 0 aliphatic carbocycles. The molecule has 20 heavy (non-hydrogen) atoms. The highest BCUT2D eigenvalue weighted by Gasteiger charge is 2.21. The molecule has 9 heteroatoms. The van der Waals surface area contributed by atoms with Crippen molar-refractivity contribution >= 4 is 21.4 Å². The maximum absolute atomic E-state index is 11.9. The van der Waals surface area contributed by atoms with E-state index in [1.807, 2.05) is 0 Å². The van der Waals surface area contributed by atoms with Gasteiger partial charge in [0, 0.05) is 18.7 Å². The zero-order valence-corrected chi connectivity index (χ0v) is 12.0. The summed E-state index contributed by atoms with van der Waals surface area (Å²) >= 11 is 0. The van der Waals surface area contributed by atoms with Crippen LogP contribution in [0.4, 0.5) is 11.4 Å². The van der Waals surface area contributed by atoms with Crippen molar-refractivity contribution in [2.75, 3.05) is 18.5 Å². The lowest BCUT2D eigenvalue weighted by molar-refractivity contribution is -0.384. The topological polar surface area (TPSA) is 122 Å². The number of nitro groups is 1. The first kappa shape index (κ1) is 16.3. The van der Waals surface area contributed by atoms with E-state index >= 15 is 0 Å². The summed E-state index contributed by atoms with van der Waals surface area (Å²) in [5.74, 6) is 0. The second-order valence-electron chi connectivity index (χ2n) is 4.36. The van der Waals surface area contributed by atoms with Crippen molar-refractivity contribution in [1.82, 2.24) is 4.72 Å². The van der Waals surface area contributed by atoms with Gasteiger partial charge in [-0.15, -0.1) is 0 Å². The molecule has 0 aliphatic heterocycles. The largest absolute Gasteiger partial charge is 0.395 e. The Morgan fingerprint density at radius 3 is 2.55 bits per heavy atom. The summed E-state index contributed by atoms with van der Waals surface area (Å²) in [6.07, 6.45) is 0. The van der Waals surface area contributed by atoms with Crippen LogP contribution in [-0.2, 0) is 10.0 Å². The minimum Gasteiger partial charge on any atom is -0.395 e. The van der Waals surface area contributed by atoms with Crippen molar-refractivity contribution in [3.63, 3.8) is 0 Å². The van der Waals surface area contributed by atoms with Gasteiger partial charge in [-0.2, -0.15) is 0 Å². The van der Waals surface area contributed by atoms with Crippen LogP contribution >= 0.6 is 0 Å². The van der Waals surface area contributed by atoms with Crippen LogP contribution in [0.2, 0.25) is 0 Å². The van der Waals surface area contributed by atoms with Gasteiger partial charge in [-0.05, 0) is 26.0 Å². The van der Waals surface area contributed by atoms with Crippen molar-refractivity contribution in [3.05, 3.63) is 28.3 Å². The second kappa shape index (κ2) is 6.64. The van der Waals surface area contributed by atoms with Gasteiger partial charge >= 0.3 is 0 Å². The Kier molecular flexibility index (Phi) is 5.43. The molecule has 8 nitrogen and oxygen atoms in total. The third-order valence-corrected chi connectivity index (χ3v) is 3.95. The van der Waals surface area contributed by atoms with Crippen LogP contribution in [0.1, 0.15) is 13.8 Å². The van der Waals surface area contributed by atoms with Gasteiger partial charge < -0.3 is 10.4 Å². The number of rotatable bonds is 7. The van der Waals surface area contributed by atoms with Crippen LogP contribution in [0.3, 0.4) is 0 Å². The highest BCUT2D eigenvalue weighted by atomic mass is 32.2. The molecule has 0 aliphatic rings. The van der Waals surface area contributed by atoms with Gasteiger partial charge in [-0.25, -0.2) is 13.1 Å². The van der Waals surface area contributed by atoms with Gasteiger partial charge in [0.1, 0.15) is 5.69 Å². The fraction of sp³-hybridized carbons (Fsp3) is 0.455. The third kappa shape index (κ3) is 4.15. The summed E-state index contributed by atoms with van der Waals surface area (Å²) in [6.45, 7) is 3.26.